The first-order valence-electron chi connectivity index (χ1n) is 5.79. The number of hydrogen-bond donors (Lipinski definition) is 1. The molecule has 0 amide bonds. The van der Waals surface area contributed by atoms with E-state index >= 15 is 0 Å². The fourth-order valence-electron chi connectivity index (χ4n) is 1.79. The van der Waals surface area contributed by atoms with Crippen molar-refractivity contribution in [2.24, 2.45) is 0 Å². The lowest BCUT2D eigenvalue weighted by Crippen LogP contribution is -1.98. The molecule has 0 bridgehead atoms. The highest BCUT2D eigenvalue weighted by Crippen LogP contribution is 2.33. The minimum absolute atomic E-state index is 0.303. The molecule has 2 aromatic rings. The van der Waals surface area contributed by atoms with Gasteiger partial charge in [0.05, 0.1) is 5.02 Å². The maximum Gasteiger partial charge on any atom is 0.345 e. The van der Waals surface area contributed by atoms with Gasteiger partial charge < -0.3 is 9.84 Å². The minimum atomic E-state index is -0.915. The summed E-state index contributed by atoms with van der Waals surface area (Å²) in [7, 11) is 0. The first-order chi connectivity index (χ1) is 9.38. The Morgan fingerprint density at radius 2 is 2.10 bits per heavy atom. The summed E-state index contributed by atoms with van der Waals surface area (Å²) in [4.78, 5) is 12.2. The molecule has 0 spiro atoms. The fraction of sp³-hybridized carbons (Fsp3) is 0.214. The van der Waals surface area contributed by atoms with E-state index in [4.69, 9.17) is 21.4 Å². The van der Waals surface area contributed by atoms with Crippen molar-refractivity contribution >= 4 is 44.8 Å². The van der Waals surface area contributed by atoms with E-state index < -0.39 is 5.97 Å². The van der Waals surface area contributed by atoms with Gasteiger partial charge in [-0.3, -0.25) is 0 Å². The average molecular weight is 376 g/mol. The van der Waals surface area contributed by atoms with Gasteiger partial charge in [-0.05, 0) is 37.6 Å². The average Bonchev–Trinajstić information content (AvgIpc) is 2.70. The van der Waals surface area contributed by atoms with Crippen molar-refractivity contribution in [2.75, 3.05) is 0 Å². The monoisotopic (exact) mass is 374 g/mol. The summed E-state index contributed by atoms with van der Waals surface area (Å²) < 4.78 is 6.64. The van der Waals surface area contributed by atoms with Gasteiger partial charge in [0.2, 0.25) is 0 Å². The molecule has 0 fully saturated rings. The molecule has 0 aliphatic carbocycles. The van der Waals surface area contributed by atoms with E-state index in [1.54, 1.807) is 12.1 Å². The van der Waals surface area contributed by atoms with Crippen LogP contribution < -0.4 is 4.74 Å². The number of benzene rings is 1. The Morgan fingerprint density at radius 1 is 1.40 bits per heavy atom. The zero-order valence-electron chi connectivity index (χ0n) is 10.9. The molecule has 0 unspecified atom stereocenters. The van der Waals surface area contributed by atoms with Crippen molar-refractivity contribution < 1.29 is 14.6 Å². The molecule has 20 heavy (non-hydrogen) atoms. The van der Waals surface area contributed by atoms with Gasteiger partial charge in [0, 0.05) is 14.9 Å². The van der Waals surface area contributed by atoms with Crippen LogP contribution in [0.1, 0.15) is 25.7 Å². The lowest BCUT2D eigenvalue weighted by Gasteiger charge is -2.11. The molecule has 106 valence electrons. The summed E-state index contributed by atoms with van der Waals surface area (Å²) in [6.45, 7) is 4.10. The number of carbonyl (C=O) groups is 1. The molecular formula is C14H12BrClO3S. The topological polar surface area (TPSA) is 46.5 Å². The molecule has 1 N–H and O–H groups in total. The number of thiophene rings is 1. The van der Waals surface area contributed by atoms with E-state index in [2.05, 4.69) is 15.9 Å². The van der Waals surface area contributed by atoms with Gasteiger partial charge in [-0.15, -0.1) is 11.3 Å². The molecule has 3 nitrogen and oxygen atoms in total. The van der Waals surface area contributed by atoms with Gasteiger partial charge in [-0.2, -0.15) is 0 Å². The van der Waals surface area contributed by atoms with Crippen molar-refractivity contribution in [1.29, 1.82) is 0 Å². The first-order valence-corrected chi connectivity index (χ1v) is 7.78. The highest BCUT2D eigenvalue weighted by atomic mass is 79.9. The molecule has 0 aliphatic heterocycles. The highest BCUT2D eigenvalue weighted by molar-refractivity contribution is 9.10. The molecule has 1 aromatic carbocycles. The number of rotatable bonds is 4. The van der Waals surface area contributed by atoms with Crippen LogP contribution in [0.25, 0.3) is 0 Å². The van der Waals surface area contributed by atoms with Crippen molar-refractivity contribution in [3.63, 3.8) is 0 Å². The largest absolute Gasteiger partial charge is 0.487 e. The van der Waals surface area contributed by atoms with Gasteiger partial charge in [-0.25, -0.2) is 4.79 Å². The summed E-state index contributed by atoms with van der Waals surface area (Å²) >= 11 is 10.8. The number of carboxylic acids is 1. The lowest BCUT2D eigenvalue weighted by atomic mass is 10.2. The molecule has 0 aliphatic rings. The van der Waals surface area contributed by atoms with Crippen LogP contribution in [0.3, 0.4) is 0 Å². The maximum absolute atomic E-state index is 10.9. The second-order valence-electron chi connectivity index (χ2n) is 4.32. The summed E-state index contributed by atoms with van der Waals surface area (Å²) in [5.74, 6) is -0.292. The second-order valence-corrected chi connectivity index (χ2v) is 6.90. The zero-order valence-corrected chi connectivity index (χ0v) is 14.0. The molecular weight excluding hydrogens is 364 g/mol. The third-order valence-electron chi connectivity index (χ3n) is 2.80. The number of aromatic carboxylic acids is 1. The first kappa shape index (κ1) is 15.4. The van der Waals surface area contributed by atoms with Crippen molar-refractivity contribution in [3.8, 4) is 5.75 Å². The second kappa shape index (κ2) is 6.16. The van der Waals surface area contributed by atoms with Crippen LogP contribution in [0.4, 0.5) is 0 Å². The quantitative estimate of drug-likeness (QED) is 0.812. The molecule has 1 aromatic heterocycles. The molecule has 1 heterocycles. The Morgan fingerprint density at radius 3 is 2.65 bits per heavy atom. The van der Waals surface area contributed by atoms with Crippen LogP contribution in [0.5, 0.6) is 5.75 Å². The van der Waals surface area contributed by atoms with E-state index in [0.717, 1.165) is 20.5 Å². The number of hydrogen-bond acceptors (Lipinski definition) is 3. The maximum atomic E-state index is 10.9. The van der Waals surface area contributed by atoms with Gasteiger partial charge in [0.15, 0.2) is 0 Å². The van der Waals surface area contributed by atoms with E-state index in [1.807, 2.05) is 19.9 Å². The smallest absolute Gasteiger partial charge is 0.345 e. The van der Waals surface area contributed by atoms with Crippen molar-refractivity contribution in [1.82, 2.24) is 0 Å². The lowest BCUT2D eigenvalue weighted by molar-refractivity contribution is 0.0702. The molecule has 0 atom stereocenters. The number of carboxylic acid groups (broad SMARTS) is 1. The minimum Gasteiger partial charge on any atom is -0.487 e. The van der Waals surface area contributed by atoms with Crippen LogP contribution in [-0.4, -0.2) is 11.1 Å². The third kappa shape index (κ3) is 3.34. The molecule has 0 saturated carbocycles. The van der Waals surface area contributed by atoms with Crippen LogP contribution >= 0.6 is 38.9 Å². The predicted octanol–water partition coefficient (Wildman–Crippen LogP) is 5.06. The van der Waals surface area contributed by atoms with Crippen molar-refractivity contribution in [2.45, 2.75) is 20.5 Å². The Kier molecular flexibility index (Phi) is 4.73. The Balaban J connectivity index is 2.19. The van der Waals surface area contributed by atoms with E-state index in [9.17, 15) is 4.79 Å². The van der Waals surface area contributed by atoms with Crippen LogP contribution in [-0.2, 0) is 6.61 Å². The van der Waals surface area contributed by atoms with E-state index in [0.29, 0.717) is 22.3 Å². The molecule has 6 heteroatoms. The predicted molar refractivity (Wildman–Crippen MR) is 84.2 cm³/mol. The van der Waals surface area contributed by atoms with Crippen LogP contribution in [0.2, 0.25) is 5.02 Å². The zero-order chi connectivity index (χ0) is 14.9. The molecule has 0 saturated heterocycles. The Labute approximate surface area is 134 Å². The summed E-state index contributed by atoms with van der Waals surface area (Å²) in [6, 6.07) is 5.34. The van der Waals surface area contributed by atoms with Gasteiger partial charge in [0.1, 0.15) is 17.2 Å². The molecule has 2 rings (SSSR count). The Hall–Kier alpha value is -1.04. The normalized spacial score (nSPS) is 10.6. The SMILES string of the molecule is Cc1cc(Br)cc(Cl)c1OCc1cc(C(=O)O)sc1C. The summed E-state index contributed by atoms with van der Waals surface area (Å²) in [5.41, 5.74) is 1.79. The van der Waals surface area contributed by atoms with Gasteiger partial charge in [0.25, 0.3) is 0 Å². The standard InChI is InChI=1S/C14H12BrClO3S/c1-7-3-10(15)5-11(16)13(7)19-6-9-4-12(14(17)18)20-8(9)2/h3-5H,6H2,1-2H3,(H,17,18). The number of aryl methyl sites for hydroxylation is 2. The third-order valence-corrected chi connectivity index (χ3v) is 4.62. The summed E-state index contributed by atoms with van der Waals surface area (Å²) in [6.07, 6.45) is 0. The van der Waals surface area contributed by atoms with Crippen LogP contribution in [0, 0.1) is 13.8 Å². The fourth-order valence-corrected chi connectivity index (χ4v) is 3.68. The highest BCUT2D eigenvalue weighted by Gasteiger charge is 2.13. The van der Waals surface area contributed by atoms with E-state index in [1.165, 1.54) is 11.3 Å². The van der Waals surface area contributed by atoms with Crippen LogP contribution in [0.15, 0.2) is 22.7 Å². The van der Waals surface area contributed by atoms with Crippen molar-refractivity contribution in [3.05, 3.63) is 48.6 Å². The number of ether oxygens (including phenoxy) is 1. The van der Waals surface area contributed by atoms with Gasteiger partial charge >= 0.3 is 5.97 Å². The van der Waals surface area contributed by atoms with Gasteiger partial charge in [-0.1, -0.05) is 27.5 Å². The number of halogens is 2. The molecule has 0 radical (unpaired) electrons. The summed E-state index contributed by atoms with van der Waals surface area (Å²) in [5, 5.41) is 9.50. The Bertz CT molecular complexity index is 643. The van der Waals surface area contributed by atoms with E-state index in [-0.39, 0.29) is 0 Å².